The van der Waals surface area contributed by atoms with E-state index >= 15 is 0 Å². The molecule has 1 aliphatic rings. The van der Waals surface area contributed by atoms with E-state index in [0.717, 1.165) is 30.0 Å². The van der Waals surface area contributed by atoms with Gasteiger partial charge in [-0.05, 0) is 29.7 Å². The Bertz CT molecular complexity index is 1160. The van der Waals surface area contributed by atoms with Crippen LogP contribution in [-0.2, 0) is 7.05 Å². The second-order valence-corrected chi connectivity index (χ2v) is 8.96. The van der Waals surface area contributed by atoms with Crippen LogP contribution in [0.5, 0.6) is 11.6 Å². The number of halogens is 3. The molecule has 35 heavy (non-hydrogen) atoms. The van der Waals surface area contributed by atoms with E-state index in [4.69, 9.17) is 21.1 Å². The minimum absolute atomic E-state index is 0.00817. The number of pyridine rings is 1. The van der Waals surface area contributed by atoms with Gasteiger partial charge in [0.15, 0.2) is 12.4 Å². The fraction of sp³-hybridized carbons (Fsp3) is 0.400. The molecule has 0 amide bonds. The predicted octanol–water partition coefficient (Wildman–Crippen LogP) is 5.15. The van der Waals surface area contributed by atoms with Gasteiger partial charge in [0.1, 0.15) is 17.0 Å². The van der Waals surface area contributed by atoms with Gasteiger partial charge in [0, 0.05) is 44.4 Å². The number of nitrogens with zero attached hydrogens (tertiary/aromatic N) is 4. The lowest BCUT2D eigenvalue weighted by Gasteiger charge is -2.20. The number of ether oxygens (including phenoxy) is 2. The number of alkyl halides is 2. The highest BCUT2D eigenvalue weighted by Crippen LogP contribution is 2.28. The average molecular weight is 505 g/mol. The van der Waals surface area contributed by atoms with E-state index in [-0.39, 0.29) is 23.7 Å². The monoisotopic (exact) mass is 504 g/mol. The summed E-state index contributed by atoms with van der Waals surface area (Å²) in [5.41, 5.74) is 2.33. The van der Waals surface area contributed by atoms with Crippen LogP contribution in [-0.4, -0.2) is 52.8 Å². The van der Waals surface area contributed by atoms with Crippen molar-refractivity contribution in [3.05, 3.63) is 65.1 Å². The van der Waals surface area contributed by atoms with Crippen molar-refractivity contribution in [3.8, 4) is 11.6 Å². The summed E-state index contributed by atoms with van der Waals surface area (Å²) in [4.78, 5) is 18.7. The highest BCUT2D eigenvalue weighted by molar-refractivity contribution is 6.32. The number of anilines is 1. The first-order chi connectivity index (χ1) is 16.8. The van der Waals surface area contributed by atoms with Crippen LogP contribution in [0.4, 0.5) is 14.5 Å². The zero-order chi connectivity index (χ0) is 24.9. The molecule has 3 heterocycles. The zero-order valence-corrected chi connectivity index (χ0v) is 20.3. The van der Waals surface area contributed by atoms with Crippen molar-refractivity contribution >= 4 is 23.1 Å². The maximum absolute atomic E-state index is 12.6. The Kier molecular flexibility index (Phi) is 7.85. The minimum Gasteiger partial charge on any atom is -0.489 e. The second kappa shape index (κ2) is 11.0. The first kappa shape index (κ1) is 24.9. The lowest BCUT2D eigenvalue weighted by atomic mass is 9.94. The largest absolute Gasteiger partial charge is 0.489 e. The molecule has 0 saturated carbocycles. The Morgan fingerprint density at radius 3 is 2.71 bits per heavy atom. The average Bonchev–Trinajstić information content (AvgIpc) is 3.45. The predicted molar refractivity (Wildman–Crippen MR) is 129 cm³/mol. The fourth-order valence-corrected chi connectivity index (χ4v) is 4.26. The number of hydrogen-bond acceptors (Lipinski definition) is 6. The van der Waals surface area contributed by atoms with Crippen LogP contribution in [0, 0.1) is 0 Å². The molecular formula is C25H27ClF2N4O3. The van der Waals surface area contributed by atoms with Crippen molar-refractivity contribution < 1.29 is 23.0 Å². The Morgan fingerprint density at radius 1 is 1.26 bits per heavy atom. The van der Waals surface area contributed by atoms with Crippen molar-refractivity contribution in [2.75, 3.05) is 24.6 Å². The highest BCUT2D eigenvalue weighted by Gasteiger charge is 2.25. The van der Waals surface area contributed by atoms with Crippen LogP contribution in [0.1, 0.15) is 41.6 Å². The maximum atomic E-state index is 12.6. The lowest BCUT2D eigenvalue weighted by molar-refractivity contribution is 0.0796. The molecule has 1 fully saturated rings. The van der Waals surface area contributed by atoms with Crippen LogP contribution >= 0.6 is 11.6 Å². The van der Waals surface area contributed by atoms with Gasteiger partial charge in [-0.15, -0.1) is 0 Å². The summed E-state index contributed by atoms with van der Waals surface area (Å²) in [5.74, 6) is 0.912. The van der Waals surface area contributed by atoms with Crippen molar-refractivity contribution in [2.45, 2.75) is 38.2 Å². The Hall–Kier alpha value is -3.20. The van der Waals surface area contributed by atoms with Crippen molar-refractivity contribution in [2.24, 2.45) is 7.05 Å². The Morgan fingerprint density at radius 2 is 2.03 bits per heavy atom. The molecule has 3 aromatic rings. The van der Waals surface area contributed by atoms with E-state index in [1.54, 1.807) is 19.3 Å². The van der Waals surface area contributed by atoms with Gasteiger partial charge in [0.25, 0.3) is 6.43 Å². The van der Waals surface area contributed by atoms with Crippen LogP contribution in [0.3, 0.4) is 0 Å². The minimum atomic E-state index is -2.54. The molecular weight excluding hydrogens is 478 g/mol. The normalized spacial score (nSPS) is 16.5. The zero-order valence-electron chi connectivity index (χ0n) is 19.5. The summed E-state index contributed by atoms with van der Waals surface area (Å²) in [6.45, 7) is 2.76. The number of carbonyl (C=O) groups is 1. The molecule has 4 rings (SSSR count). The SMILES string of the molecule is C[C@H](CC(=O)c1cnn(C)c1Cl)c1ccc(OC2CCN(c3ccnc(OCC(F)F)c3)C2)cc1. The molecule has 10 heteroatoms. The third-order valence-corrected chi connectivity index (χ3v) is 6.44. The van der Waals surface area contributed by atoms with Gasteiger partial charge >= 0.3 is 0 Å². The van der Waals surface area contributed by atoms with E-state index in [1.807, 2.05) is 37.3 Å². The molecule has 1 aliphatic heterocycles. The number of carbonyl (C=O) groups excluding carboxylic acids is 1. The summed E-state index contributed by atoms with van der Waals surface area (Å²) in [6, 6.07) is 11.3. The van der Waals surface area contributed by atoms with Crippen LogP contribution in [0.15, 0.2) is 48.8 Å². The highest BCUT2D eigenvalue weighted by atomic mass is 35.5. The summed E-state index contributed by atoms with van der Waals surface area (Å²) >= 11 is 6.14. The van der Waals surface area contributed by atoms with Gasteiger partial charge in [-0.2, -0.15) is 5.10 Å². The van der Waals surface area contributed by atoms with E-state index < -0.39 is 13.0 Å². The van der Waals surface area contributed by atoms with E-state index in [9.17, 15) is 13.6 Å². The molecule has 186 valence electrons. The van der Waals surface area contributed by atoms with Gasteiger partial charge in [0.05, 0.1) is 18.3 Å². The Balaban J connectivity index is 1.30. The number of hydrogen-bond donors (Lipinski definition) is 0. The van der Waals surface area contributed by atoms with Gasteiger partial charge < -0.3 is 14.4 Å². The third kappa shape index (κ3) is 6.28. The molecule has 1 saturated heterocycles. The molecule has 1 unspecified atom stereocenters. The standard InChI is InChI=1S/C25H27ClF2N4O3/c1-16(11-22(33)21-13-30-31(2)25(21)26)17-3-5-19(6-4-17)35-20-8-10-32(14-20)18-7-9-29-24(12-18)34-15-23(27)28/h3-7,9,12-13,16,20,23H,8,10-11,14-15H2,1-2H3/t16-,20?/m1/s1. The third-order valence-electron chi connectivity index (χ3n) is 6.00. The quantitative estimate of drug-likeness (QED) is 0.356. The van der Waals surface area contributed by atoms with E-state index in [1.165, 1.54) is 10.9 Å². The number of aromatic nitrogens is 3. The number of Topliss-reactive ketones (excluding diaryl/α,β-unsaturated/α-hetero) is 1. The number of aryl methyl sites for hydroxylation is 1. The molecule has 2 aromatic heterocycles. The molecule has 0 radical (unpaired) electrons. The summed E-state index contributed by atoms with van der Waals surface area (Å²) < 4.78 is 37.4. The fourth-order valence-electron chi connectivity index (χ4n) is 4.06. The summed E-state index contributed by atoms with van der Waals surface area (Å²) in [7, 11) is 1.70. The van der Waals surface area contributed by atoms with Crippen LogP contribution in [0.25, 0.3) is 0 Å². The molecule has 2 atom stereocenters. The van der Waals surface area contributed by atoms with Crippen LogP contribution in [0.2, 0.25) is 5.15 Å². The summed E-state index contributed by atoms with van der Waals surface area (Å²) in [6.07, 6.45) is 1.66. The molecule has 1 aromatic carbocycles. The van der Waals surface area contributed by atoms with E-state index in [0.29, 0.717) is 23.7 Å². The number of benzene rings is 1. The topological polar surface area (TPSA) is 69.5 Å². The van der Waals surface area contributed by atoms with Gasteiger partial charge in [-0.1, -0.05) is 30.7 Å². The van der Waals surface area contributed by atoms with Crippen molar-refractivity contribution in [1.82, 2.24) is 14.8 Å². The van der Waals surface area contributed by atoms with Gasteiger partial charge in [0.2, 0.25) is 5.88 Å². The number of rotatable bonds is 10. The smallest absolute Gasteiger partial charge is 0.272 e. The van der Waals surface area contributed by atoms with E-state index in [2.05, 4.69) is 15.0 Å². The molecule has 0 bridgehead atoms. The van der Waals surface area contributed by atoms with Gasteiger partial charge in [-0.3, -0.25) is 9.48 Å². The molecule has 7 nitrogen and oxygen atoms in total. The van der Waals surface area contributed by atoms with Crippen LogP contribution < -0.4 is 14.4 Å². The van der Waals surface area contributed by atoms with Gasteiger partial charge in [-0.25, -0.2) is 13.8 Å². The van der Waals surface area contributed by atoms with Crippen molar-refractivity contribution in [3.63, 3.8) is 0 Å². The van der Waals surface area contributed by atoms with Crippen molar-refractivity contribution in [1.29, 1.82) is 0 Å². The summed E-state index contributed by atoms with van der Waals surface area (Å²) in [5, 5.41) is 4.38. The second-order valence-electron chi connectivity index (χ2n) is 8.60. The Labute approximate surface area is 207 Å². The first-order valence-electron chi connectivity index (χ1n) is 11.4. The first-order valence-corrected chi connectivity index (χ1v) is 11.8. The molecule has 0 aliphatic carbocycles. The maximum Gasteiger partial charge on any atom is 0.272 e. The lowest BCUT2D eigenvalue weighted by Crippen LogP contribution is -2.24. The molecule has 0 N–H and O–H groups in total. The molecule has 0 spiro atoms. The number of ketones is 1.